The molecule has 2 saturated heterocycles. The van der Waals surface area contributed by atoms with Crippen molar-refractivity contribution in [2.24, 2.45) is 13.0 Å². The van der Waals surface area contributed by atoms with E-state index in [1.807, 2.05) is 34.8 Å². The highest BCUT2D eigenvalue weighted by Gasteiger charge is 2.51. The van der Waals surface area contributed by atoms with Crippen molar-refractivity contribution in [3.63, 3.8) is 0 Å². The molecule has 4 rings (SSSR count). The molecule has 1 amide bonds. The van der Waals surface area contributed by atoms with Crippen molar-refractivity contribution < 1.29 is 9.53 Å². The van der Waals surface area contributed by atoms with Gasteiger partial charge < -0.3 is 14.2 Å². The summed E-state index contributed by atoms with van der Waals surface area (Å²) in [5.41, 5.74) is 1.73. The lowest BCUT2D eigenvalue weighted by Gasteiger charge is -2.58. The predicted octanol–water partition coefficient (Wildman–Crippen LogP) is 1.57. The molecule has 0 aliphatic carbocycles. The van der Waals surface area contributed by atoms with Gasteiger partial charge in [-0.05, 0) is 44.0 Å². The summed E-state index contributed by atoms with van der Waals surface area (Å²) in [5, 5.41) is 0. The fourth-order valence-electron chi connectivity index (χ4n) is 4.24. The Labute approximate surface area is 160 Å². The number of rotatable bonds is 5. The Morgan fingerprint density at radius 2 is 2.22 bits per heavy atom. The van der Waals surface area contributed by atoms with E-state index in [-0.39, 0.29) is 11.4 Å². The third-order valence-corrected chi connectivity index (χ3v) is 5.88. The number of imidazole rings is 1. The normalized spacial score (nSPS) is 22.0. The van der Waals surface area contributed by atoms with E-state index in [1.165, 1.54) is 0 Å². The number of aromatic nitrogens is 3. The van der Waals surface area contributed by atoms with Gasteiger partial charge in [-0.25, -0.2) is 4.98 Å². The Balaban J connectivity index is 1.30. The van der Waals surface area contributed by atoms with Crippen LogP contribution in [0, 0.1) is 5.92 Å². The van der Waals surface area contributed by atoms with E-state index in [1.54, 1.807) is 18.7 Å². The quantitative estimate of drug-likeness (QED) is 0.801. The van der Waals surface area contributed by atoms with E-state index in [4.69, 9.17) is 4.74 Å². The summed E-state index contributed by atoms with van der Waals surface area (Å²) in [6.45, 7) is 3.97. The highest BCUT2D eigenvalue weighted by atomic mass is 16.5. The molecular formula is C20H27N5O2. The number of pyridine rings is 1. The molecular weight excluding hydrogens is 342 g/mol. The molecule has 0 N–H and O–H groups in total. The zero-order chi connectivity index (χ0) is 18.9. The first kappa shape index (κ1) is 18.1. The zero-order valence-corrected chi connectivity index (χ0v) is 16.0. The standard InChI is InChI=1S/C20H27N5O2/c1-23-10-18(22-15-23)19(26)25-13-20(14-25)8-16(5-7-24(20)2)11-27-12-17-4-3-6-21-9-17/h3-4,6,9-10,15-16H,5,7-8,11-14H2,1-2H3/t16-/m0/s1. The van der Waals surface area contributed by atoms with Gasteiger partial charge >= 0.3 is 0 Å². The van der Waals surface area contributed by atoms with Gasteiger partial charge in [-0.15, -0.1) is 0 Å². The average Bonchev–Trinajstić information content (AvgIpc) is 3.08. The van der Waals surface area contributed by atoms with E-state index in [2.05, 4.69) is 21.9 Å². The first-order chi connectivity index (χ1) is 13.1. The maximum Gasteiger partial charge on any atom is 0.274 e. The molecule has 0 bridgehead atoms. The highest BCUT2D eigenvalue weighted by Crippen LogP contribution is 2.38. The van der Waals surface area contributed by atoms with Gasteiger partial charge in [-0.2, -0.15) is 0 Å². The van der Waals surface area contributed by atoms with Gasteiger partial charge in [-0.3, -0.25) is 14.7 Å². The topological polar surface area (TPSA) is 63.5 Å². The van der Waals surface area contributed by atoms with E-state index in [0.29, 0.717) is 18.2 Å². The third kappa shape index (κ3) is 3.75. The average molecular weight is 369 g/mol. The molecule has 1 atom stereocenters. The van der Waals surface area contributed by atoms with Crippen molar-refractivity contribution in [2.75, 3.05) is 33.3 Å². The summed E-state index contributed by atoms with van der Waals surface area (Å²) in [5.74, 6) is 0.564. The summed E-state index contributed by atoms with van der Waals surface area (Å²) in [6.07, 6.45) is 9.29. The molecule has 2 aromatic heterocycles. The SMILES string of the molecule is CN1CC[C@H](COCc2cccnc2)CC12CN(C(=O)c1cn(C)cn1)C2. The fourth-order valence-corrected chi connectivity index (χ4v) is 4.24. The number of likely N-dealkylation sites (tertiary alicyclic amines) is 2. The molecule has 0 radical (unpaired) electrons. The number of hydrogen-bond acceptors (Lipinski definition) is 5. The lowest BCUT2D eigenvalue weighted by atomic mass is 9.75. The summed E-state index contributed by atoms with van der Waals surface area (Å²) in [4.78, 5) is 25.2. The molecule has 2 aliphatic rings. The zero-order valence-electron chi connectivity index (χ0n) is 16.0. The number of ether oxygens (including phenoxy) is 1. The number of nitrogens with zero attached hydrogens (tertiary/aromatic N) is 5. The first-order valence-electron chi connectivity index (χ1n) is 9.51. The van der Waals surface area contributed by atoms with Crippen LogP contribution in [-0.2, 0) is 18.4 Å². The second-order valence-corrected chi connectivity index (χ2v) is 7.97. The van der Waals surface area contributed by atoms with Crippen molar-refractivity contribution in [1.82, 2.24) is 24.3 Å². The number of carbonyl (C=O) groups excluding carboxylic acids is 1. The van der Waals surface area contributed by atoms with Crippen LogP contribution in [0.2, 0.25) is 0 Å². The van der Waals surface area contributed by atoms with E-state index in [9.17, 15) is 4.79 Å². The van der Waals surface area contributed by atoms with E-state index < -0.39 is 0 Å². The number of amides is 1. The summed E-state index contributed by atoms with van der Waals surface area (Å²) < 4.78 is 7.76. The van der Waals surface area contributed by atoms with E-state index in [0.717, 1.165) is 44.6 Å². The Morgan fingerprint density at radius 1 is 1.37 bits per heavy atom. The van der Waals surface area contributed by atoms with Gasteiger partial charge in [0, 0.05) is 45.3 Å². The summed E-state index contributed by atoms with van der Waals surface area (Å²) in [6, 6.07) is 3.97. The van der Waals surface area contributed by atoms with Crippen LogP contribution in [0.3, 0.4) is 0 Å². The van der Waals surface area contributed by atoms with Crippen LogP contribution >= 0.6 is 0 Å². The molecule has 4 heterocycles. The first-order valence-corrected chi connectivity index (χ1v) is 9.51. The molecule has 2 fully saturated rings. The van der Waals surface area contributed by atoms with Crippen molar-refractivity contribution in [3.05, 3.63) is 48.3 Å². The van der Waals surface area contributed by atoms with Crippen molar-refractivity contribution in [3.8, 4) is 0 Å². The van der Waals surface area contributed by atoms with Crippen LogP contribution in [0.1, 0.15) is 28.9 Å². The van der Waals surface area contributed by atoms with Gasteiger partial charge in [0.1, 0.15) is 5.69 Å². The molecule has 0 saturated carbocycles. The number of aryl methyl sites for hydroxylation is 1. The maximum absolute atomic E-state index is 12.6. The van der Waals surface area contributed by atoms with Gasteiger partial charge in [0.05, 0.1) is 18.5 Å². The number of likely N-dealkylation sites (N-methyl/N-ethyl adjacent to an activating group) is 1. The molecule has 7 nitrogen and oxygen atoms in total. The number of hydrogen-bond donors (Lipinski definition) is 0. The molecule has 144 valence electrons. The molecule has 0 aromatic carbocycles. The van der Waals surface area contributed by atoms with Crippen LogP contribution in [0.5, 0.6) is 0 Å². The summed E-state index contributed by atoms with van der Waals surface area (Å²) >= 11 is 0. The van der Waals surface area contributed by atoms with Crippen LogP contribution in [0.4, 0.5) is 0 Å². The largest absolute Gasteiger partial charge is 0.376 e. The van der Waals surface area contributed by atoms with Crippen LogP contribution in [0.25, 0.3) is 0 Å². The highest BCUT2D eigenvalue weighted by molar-refractivity contribution is 5.92. The minimum absolute atomic E-state index is 0.0320. The molecule has 2 aliphatic heterocycles. The van der Waals surface area contributed by atoms with Crippen molar-refractivity contribution in [2.45, 2.75) is 25.0 Å². The van der Waals surface area contributed by atoms with Gasteiger partial charge in [0.25, 0.3) is 5.91 Å². The van der Waals surface area contributed by atoms with Crippen molar-refractivity contribution in [1.29, 1.82) is 0 Å². The minimum Gasteiger partial charge on any atom is -0.376 e. The van der Waals surface area contributed by atoms with Crippen LogP contribution < -0.4 is 0 Å². The maximum atomic E-state index is 12.6. The van der Waals surface area contributed by atoms with Crippen molar-refractivity contribution >= 4 is 5.91 Å². The monoisotopic (exact) mass is 369 g/mol. The Hall–Kier alpha value is -2.25. The van der Waals surface area contributed by atoms with Gasteiger partial charge in [-0.1, -0.05) is 6.07 Å². The second-order valence-electron chi connectivity index (χ2n) is 7.97. The lowest BCUT2D eigenvalue weighted by Crippen LogP contribution is -2.72. The molecule has 27 heavy (non-hydrogen) atoms. The molecule has 7 heteroatoms. The van der Waals surface area contributed by atoms with Crippen LogP contribution in [-0.4, -0.2) is 69.1 Å². The number of carbonyl (C=O) groups is 1. The second kappa shape index (κ2) is 7.40. The third-order valence-electron chi connectivity index (χ3n) is 5.88. The van der Waals surface area contributed by atoms with E-state index >= 15 is 0 Å². The fraction of sp³-hybridized carbons (Fsp3) is 0.550. The molecule has 2 aromatic rings. The number of piperidine rings is 1. The minimum atomic E-state index is 0.0320. The Bertz CT molecular complexity index is 785. The lowest BCUT2D eigenvalue weighted by molar-refractivity contribution is -0.0769. The van der Waals surface area contributed by atoms with Gasteiger partial charge in [0.2, 0.25) is 0 Å². The Kier molecular flexibility index (Phi) is 4.97. The van der Waals surface area contributed by atoms with Gasteiger partial charge in [0.15, 0.2) is 0 Å². The smallest absolute Gasteiger partial charge is 0.274 e. The van der Waals surface area contributed by atoms with Crippen LogP contribution in [0.15, 0.2) is 37.1 Å². The summed E-state index contributed by atoms with van der Waals surface area (Å²) in [7, 11) is 4.06. The Morgan fingerprint density at radius 3 is 2.93 bits per heavy atom. The predicted molar refractivity (Wildman–Crippen MR) is 101 cm³/mol. The molecule has 1 spiro atoms. The molecule has 0 unspecified atom stereocenters.